The van der Waals surface area contributed by atoms with E-state index in [-0.39, 0.29) is 12.0 Å². The third kappa shape index (κ3) is 3.66. The number of nitrogens with zero attached hydrogens (tertiary/aromatic N) is 1. The summed E-state index contributed by atoms with van der Waals surface area (Å²) in [6.45, 7) is 3.91. The maximum Gasteiger partial charge on any atom is 0.407 e. The number of rotatable bonds is 4. The van der Waals surface area contributed by atoms with E-state index in [1.54, 1.807) is 0 Å². The van der Waals surface area contributed by atoms with E-state index in [4.69, 9.17) is 4.74 Å². The van der Waals surface area contributed by atoms with Crippen LogP contribution in [0.2, 0.25) is 0 Å². The number of likely N-dealkylation sites (tertiary alicyclic amines) is 1. The summed E-state index contributed by atoms with van der Waals surface area (Å²) in [6, 6.07) is 8.46. The van der Waals surface area contributed by atoms with Gasteiger partial charge in [-0.05, 0) is 36.8 Å². The number of alkyl carbamates (subject to hydrolysis) is 1. The van der Waals surface area contributed by atoms with Gasteiger partial charge in [0.1, 0.15) is 5.60 Å². The normalized spacial score (nSPS) is 23.7. The lowest BCUT2D eigenvalue weighted by Crippen LogP contribution is -2.52. The van der Waals surface area contributed by atoms with Crippen LogP contribution in [0.15, 0.2) is 24.3 Å². The van der Waals surface area contributed by atoms with Crippen LogP contribution in [0.4, 0.5) is 4.79 Å². The smallest absolute Gasteiger partial charge is 0.407 e. The Hall–Kier alpha value is -2.04. The van der Waals surface area contributed by atoms with Gasteiger partial charge in [-0.2, -0.15) is 0 Å². The summed E-state index contributed by atoms with van der Waals surface area (Å²) >= 11 is 0. The fourth-order valence-electron chi connectivity index (χ4n) is 3.39. The van der Waals surface area contributed by atoms with Crippen LogP contribution in [0.25, 0.3) is 0 Å². The Morgan fingerprint density at radius 1 is 1.30 bits per heavy atom. The van der Waals surface area contributed by atoms with Gasteiger partial charge in [-0.25, -0.2) is 4.79 Å². The number of ether oxygens (including phenoxy) is 1. The largest absolute Gasteiger partial charge is 0.439 e. The SMILES string of the molecule is CCc1ccc(CCC(=O)N2CCCC3(CNC(=O)O3)C2)cc1. The zero-order valence-electron chi connectivity index (χ0n) is 13.6. The van der Waals surface area contributed by atoms with Crippen molar-refractivity contribution >= 4 is 12.0 Å². The molecule has 2 heterocycles. The fourth-order valence-corrected chi connectivity index (χ4v) is 3.39. The Balaban J connectivity index is 1.54. The van der Waals surface area contributed by atoms with Crippen molar-refractivity contribution < 1.29 is 14.3 Å². The molecule has 1 aromatic carbocycles. The second-order valence-corrected chi connectivity index (χ2v) is 6.51. The predicted molar refractivity (Wildman–Crippen MR) is 87.2 cm³/mol. The molecular weight excluding hydrogens is 292 g/mol. The van der Waals surface area contributed by atoms with E-state index >= 15 is 0 Å². The number of hydrogen-bond donors (Lipinski definition) is 1. The van der Waals surface area contributed by atoms with E-state index in [0.29, 0.717) is 19.5 Å². The molecule has 1 N–H and O–H groups in total. The number of carbonyl (C=O) groups is 2. The zero-order valence-corrected chi connectivity index (χ0v) is 13.6. The standard InChI is InChI=1S/C18H24N2O3/c1-2-14-4-6-15(7-5-14)8-9-16(21)20-11-3-10-18(13-20)12-19-17(22)23-18/h4-7H,2-3,8-13H2,1H3,(H,19,22). The highest BCUT2D eigenvalue weighted by molar-refractivity contribution is 5.77. The molecule has 0 radical (unpaired) electrons. The molecule has 0 aromatic heterocycles. The molecule has 0 aliphatic carbocycles. The lowest BCUT2D eigenvalue weighted by atomic mass is 9.92. The third-order valence-corrected chi connectivity index (χ3v) is 4.82. The molecule has 2 amide bonds. The molecule has 5 heteroatoms. The highest BCUT2D eigenvalue weighted by Gasteiger charge is 2.44. The molecule has 23 heavy (non-hydrogen) atoms. The minimum absolute atomic E-state index is 0.145. The molecule has 2 saturated heterocycles. The van der Waals surface area contributed by atoms with Crippen molar-refractivity contribution in [3.8, 4) is 0 Å². The van der Waals surface area contributed by atoms with Crippen molar-refractivity contribution in [3.63, 3.8) is 0 Å². The van der Waals surface area contributed by atoms with Gasteiger partial charge in [0, 0.05) is 13.0 Å². The van der Waals surface area contributed by atoms with E-state index in [2.05, 4.69) is 36.5 Å². The minimum atomic E-state index is -0.506. The number of benzene rings is 1. The van der Waals surface area contributed by atoms with Gasteiger partial charge in [0.2, 0.25) is 5.91 Å². The first-order valence-corrected chi connectivity index (χ1v) is 8.43. The van der Waals surface area contributed by atoms with Crippen molar-refractivity contribution in [2.45, 2.75) is 44.6 Å². The lowest BCUT2D eigenvalue weighted by molar-refractivity contribution is -0.136. The second-order valence-electron chi connectivity index (χ2n) is 6.51. The average molecular weight is 316 g/mol. The van der Waals surface area contributed by atoms with Gasteiger partial charge in [0.25, 0.3) is 0 Å². The first kappa shape index (κ1) is 15.8. The number of carbonyl (C=O) groups excluding carboxylic acids is 2. The molecule has 5 nitrogen and oxygen atoms in total. The van der Waals surface area contributed by atoms with E-state index in [1.807, 2.05) is 4.90 Å². The molecule has 1 atom stereocenters. The Morgan fingerprint density at radius 2 is 2.04 bits per heavy atom. The van der Waals surface area contributed by atoms with Gasteiger partial charge >= 0.3 is 6.09 Å². The Morgan fingerprint density at radius 3 is 2.70 bits per heavy atom. The summed E-state index contributed by atoms with van der Waals surface area (Å²) in [4.78, 5) is 25.7. The first-order chi connectivity index (χ1) is 11.1. The van der Waals surface area contributed by atoms with Crippen molar-refractivity contribution in [1.82, 2.24) is 10.2 Å². The van der Waals surface area contributed by atoms with Crippen molar-refractivity contribution in [3.05, 3.63) is 35.4 Å². The van der Waals surface area contributed by atoms with E-state index in [1.165, 1.54) is 11.1 Å². The van der Waals surface area contributed by atoms with Gasteiger partial charge in [-0.1, -0.05) is 31.2 Å². The molecule has 1 aromatic rings. The molecule has 2 aliphatic heterocycles. The summed E-state index contributed by atoms with van der Waals surface area (Å²) in [7, 11) is 0. The van der Waals surface area contributed by atoms with Crippen molar-refractivity contribution in [2.75, 3.05) is 19.6 Å². The summed E-state index contributed by atoms with van der Waals surface area (Å²) in [5, 5.41) is 2.71. The second kappa shape index (κ2) is 6.60. The predicted octanol–water partition coefficient (Wildman–Crippen LogP) is 2.28. The van der Waals surface area contributed by atoms with Gasteiger partial charge in [0.05, 0.1) is 13.1 Å². The maximum absolute atomic E-state index is 12.5. The molecule has 3 rings (SSSR count). The topological polar surface area (TPSA) is 58.6 Å². The molecule has 2 fully saturated rings. The number of aryl methyl sites for hydroxylation is 2. The highest BCUT2D eigenvalue weighted by Crippen LogP contribution is 2.28. The van der Waals surface area contributed by atoms with Crippen LogP contribution in [0, 0.1) is 0 Å². The van der Waals surface area contributed by atoms with Crippen molar-refractivity contribution in [2.24, 2.45) is 0 Å². The number of amides is 2. The van der Waals surface area contributed by atoms with Gasteiger partial charge in [-0.15, -0.1) is 0 Å². The Kier molecular flexibility index (Phi) is 4.55. The molecule has 1 unspecified atom stereocenters. The summed E-state index contributed by atoms with van der Waals surface area (Å²) in [6.07, 6.45) is 3.63. The lowest BCUT2D eigenvalue weighted by Gasteiger charge is -2.38. The number of hydrogen-bond acceptors (Lipinski definition) is 3. The summed E-state index contributed by atoms with van der Waals surface area (Å²) in [5.41, 5.74) is 2.00. The molecule has 0 bridgehead atoms. The van der Waals surface area contributed by atoms with E-state index < -0.39 is 5.60 Å². The Labute approximate surface area is 137 Å². The molecule has 1 spiro atoms. The minimum Gasteiger partial charge on any atom is -0.439 e. The summed E-state index contributed by atoms with van der Waals surface area (Å²) < 4.78 is 5.41. The number of nitrogens with one attached hydrogen (secondary N) is 1. The highest BCUT2D eigenvalue weighted by atomic mass is 16.6. The van der Waals surface area contributed by atoms with Gasteiger partial charge in [-0.3, -0.25) is 4.79 Å². The summed E-state index contributed by atoms with van der Waals surface area (Å²) in [5.74, 6) is 0.145. The van der Waals surface area contributed by atoms with Crippen LogP contribution < -0.4 is 5.32 Å². The van der Waals surface area contributed by atoms with Crippen LogP contribution >= 0.6 is 0 Å². The number of piperidine rings is 1. The van der Waals surface area contributed by atoms with Crippen LogP contribution in [0.3, 0.4) is 0 Å². The van der Waals surface area contributed by atoms with Crippen LogP contribution in [-0.2, 0) is 22.4 Å². The van der Waals surface area contributed by atoms with E-state index in [0.717, 1.165) is 32.2 Å². The molecule has 124 valence electrons. The third-order valence-electron chi connectivity index (χ3n) is 4.82. The van der Waals surface area contributed by atoms with Crippen LogP contribution in [-0.4, -0.2) is 42.1 Å². The molecular formula is C18H24N2O3. The maximum atomic E-state index is 12.5. The molecule has 2 aliphatic rings. The van der Waals surface area contributed by atoms with Crippen molar-refractivity contribution in [1.29, 1.82) is 0 Å². The van der Waals surface area contributed by atoms with Crippen LogP contribution in [0.5, 0.6) is 0 Å². The Bertz CT molecular complexity index is 584. The average Bonchev–Trinajstić information content (AvgIpc) is 2.93. The van der Waals surface area contributed by atoms with Gasteiger partial charge < -0.3 is 15.0 Å². The van der Waals surface area contributed by atoms with Gasteiger partial charge in [0.15, 0.2) is 0 Å². The first-order valence-electron chi connectivity index (χ1n) is 8.43. The van der Waals surface area contributed by atoms with Crippen LogP contribution in [0.1, 0.15) is 37.3 Å². The fraction of sp³-hybridized carbons (Fsp3) is 0.556. The van der Waals surface area contributed by atoms with E-state index in [9.17, 15) is 9.59 Å². The molecule has 0 saturated carbocycles. The quantitative estimate of drug-likeness (QED) is 0.927. The zero-order chi connectivity index (χ0) is 16.3. The monoisotopic (exact) mass is 316 g/mol.